The van der Waals surface area contributed by atoms with E-state index < -0.39 is 6.36 Å². The summed E-state index contributed by atoms with van der Waals surface area (Å²) in [5.74, 6) is -0.146. The molecular formula is C9H9F3OS2. The second-order valence-electron chi connectivity index (χ2n) is 2.56. The third-order valence-corrected chi connectivity index (χ3v) is 3.08. The lowest BCUT2D eigenvalue weighted by molar-refractivity contribution is -0.275. The van der Waals surface area contributed by atoms with Crippen LogP contribution in [0.1, 0.15) is 0 Å². The summed E-state index contributed by atoms with van der Waals surface area (Å²) in [6.07, 6.45) is -1.06. The van der Waals surface area contributed by atoms with Crippen molar-refractivity contribution in [2.24, 2.45) is 0 Å². The lowest BCUT2D eigenvalue weighted by Gasteiger charge is -2.12. The van der Waals surface area contributed by atoms with E-state index in [1.165, 1.54) is 29.6 Å². The minimum absolute atomic E-state index is 0.146. The first kappa shape index (κ1) is 12.6. The maximum Gasteiger partial charge on any atom is 0.573 e. The predicted octanol–water partition coefficient (Wildman–Crippen LogP) is 4.03. The van der Waals surface area contributed by atoms with Crippen LogP contribution in [0.3, 0.4) is 0 Å². The summed E-state index contributed by atoms with van der Waals surface area (Å²) in [5.41, 5.74) is 0. The van der Waals surface area contributed by atoms with Crippen molar-refractivity contribution in [1.29, 1.82) is 0 Å². The number of benzene rings is 1. The number of ether oxygens (including phenoxy) is 1. The fourth-order valence-electron chi connectivity index (χ4n) is 0.984. The summed E-state index contributed by atoms with van der Waals surface area (Å²) in [6, 6.07) is 4.62. The highest BCUT2D eigenvalue weighted by molar-refractivity contribution is 7.99. The highest BCUT2D eigenvalue weighted by Gasteiger charge is 2.32. The summed E-state index contributed by atoms with van der Waals surface area (Å²) < 4.78 is 39.9. The van der Waals surface area contributed by atoms with Gasteiger partial charge in [-0.1, -0.05) is 0 Å². The van der Waals surface area contributed by atoms with Crippen molar-refractivity contribution in [3.8, 4) is 5.75 Å². The molecule has 0 amide bonds. The molecule has 1 rings (SSSR count). The van der Waals surface area contributed by atoms with Crippen molar-refractivity contribution in [2.45, 2.75) is 16.2 Å². The van der Waals surface area contributed by atoms with E-state index in [0.29, 0.717) is 4.90 Å². The average Bonchev–Trinajstić information content (AvgIpc) is 2.16. The Kier molecular flexibility index (Phi) is 4.21. The molecule has 0 aliphatic carbocycles. The van der Waals surface area contributed by atoms with Crippen LogP contribution in [0.15, 0.2) is 28.0 Å². The Morgan fingerprint density at radius 2 is 1.80 bits per heavy atom. The molecule has 15 heavy (non-hydrogen) atoms. The number of hydrogen-bond donors (Lipinski definition) is 0. The molecule has 1 nitrogen and oxygen atoms in total. The third kappa shape index (κ3) is 3.87. The molecule has 0 heterocycles. The Morgan fingerprint density at radius 3 is 2.27 bits per heavy atom. The maximum absolute atomic E-state index is 12.0. The van der Waals surface area contributed by atoms with Gasteiger partial charge in [0.05, 0.1) is 4.90 Å². The summed E-state index contributed by atoms with van der Waals surface area (Å²) in [6.45, 7) is 0. The number of rotatable bonds is 3. The van der Waals surface area contributed by atoms with Crippen molar-refractivity contribution in [3.63, 3.8) is 0 Å². The van der Waals surface area contributed by atoms with Crippen LogP contribution in [0.5, 0.6) is 5.75 Å². The Balaban J connectivity index is 2.97. The summed E-state index contributed by atoms with van der Waals surface area (Å²) >= 11 is 2.70. The molecule has 1 aromatic rings. The summed E-state index contributed by atoms with van der Waals surface area (Å²) in [4.78, 5) is 1.40. The van der Waals surface area contributed by atoms with Crippen LogP contribution in [0, 0.1) is 0 Å². The Hall–Kier alpha value is -0.490. The van der Waals surface area contributed by atoms with Crippen molar-refractivity contribution in [1.82, 2.24) is 0 Å². The molecular weight excluding hydrogens is 245 g/mol. The summed E-state index contributed by atoms with van der Waals surface area (Å²) in [7, 11) is 0. The van der Waals surface area contributed by atoms with Crippen LogP contribution in [0.4, 0.5) is 13.2 Å². The predicted molar refractivity (Wildman–Crippen MR) is 56.7 cm³/mol. The Bertz CT molecular complexity index is 339. The van der Waals surface area contributed by atoms with Crippen molar-refractivity contribution in [2.75, 3.05) is 12.5 Å². The quantitative estimate of drug-likeness (QED) is 0.754. The lowest BCUT2D eigenvalue weighted by Crippen LogP contribution is -2.17. The van der Waals surface area contributed by atoms with Crippen LogP contribution in [0.2, 0.25) is 0 Å². The van der Waals surface area contributed by atoms with Crippen LogP contribution in [-0.2, 0) is 0 Å². The fourth-order valence-corrected chi connectivity index (χ4v) is 2.05. The van der Waals surface area contributed by atoms with Gasteiger partial charge in [-0.3, -0.25) is 0 Å². The van der Waals surface area contributed by atoms with Gasteiger partial charge in [-0.2, -0.15) is 0 Å². The summed E-state index contributed by atoms with van der Waals surface area (Å²) in [5, 5.41) is 0. The lowest BCUT2D eigenvalue weighted by atomic mass is 10.3. The SMILES string of the molecule is CSc1ccc(OC(F)(F)F)c(SC)c1. The normalized spacial score (nSPS) is 11.5. The molecule has 0 spiro atoms. The standard InChI is InChI=1S/C9H9F3OS2/c1-14-6-3-4-7(8(5-6)15-2)13-9(10,11)12/h3-5H,1-2H3. The van der Waals surface area contributed by atoms with Crippen LogP contribution < -0.4 is 4.74 Å². The van der Waals surface area contributed by atoms with Gasteiger partial charge in [0.15, 0.2) is 0 Å². The molecule has 84 valence electrons. The molecule has 0 N–H and O–H groups in total. The Labute approximate surface area is 94.4 Å². The topological polar surface area (TPSA) is 9.23 Å². The third-order valence-electron chi connectivity index (χ3n) is 1.60. The minimum Gasteiger partial charge on any atom is -0.405 e. The van der Waals surface area contributed by atoms with Gasteiger partial charge >= 0.3 is 6.36 Å². The molecule has 0 aromatic heterocycles. The average molecular weight is 254 g/mol. The molecule has 0 saturated heterocycles. The van der Waals surface area contributed by atoms with Crippen LogP contribution >= 0.6 is 23.5 Å². The van der Waals surface area contributed by atoms with Crippen molar-refractivity contribution >= 4 is 23.5 Å². The molecule has 0 aliphatic rings. The first-order valence-corrected chi connectivity index (χ1v) is 6.39. The zero-order valence-electron chi connectivity index (χ0n) is 8.09. The van der Waals surface area contributed by atoms with Gasteiger partial charge in [-0.05, 0) is 30.7 Å². The van der Waals surface area contributed by atoms with E-state index in [0.717, 1.165) is 4.90 Å². The van der Waals surface area contributed by atoms with Crippen LogP contribution in [-0.4, -0.2) is 18.9 Å². The van der Waals surface area contributed by atoms with Gasteiger partial charge < -0.3 is 4.74 Å². The van der Waals surface area contributed by atoms with E-state index in [4.69, 9.17) is 0 Å². The monoisotopic (exact) mass is 254 g/mol. The van der Waals surface area contributed by atoms with Gasteiger partial charge in [0, 0.05) is 4.90 Å². The molecule has 0 bridgehead atoms. The number of hydrogen-bond acceptors (Lipinski definition) is 3. The highest BCUT2D eigenvalue weighted by Crippen LogP contribution is 2.34. The van der Waals surface area contributed by atoms with E-state index >= 15 is 0 Å². The van der Waals surface area contributed by atoms with Gasteiger partial charge in [-0.15, -0.1) is 36.7 Å². The number of halogens is 3. The van der Waals surface area contributed by atoms with E-state index in [9.17, 15) is 13.2 Å². The molecule has 1 aromatic carbocycles. The smallest absolute Gasteiger partial charge is 0.405 e. The molecule has 0 unspecified atom stereocenters. The second kappa shape index (κ2) is 5.03. The van der Waals surface area contributed by atoms with E-state index in [1.807, 2.05) is 6.26 Å². The maximum atomic E-state index is 12.0. The van der Waals surface area contributed by atoms with Gasteiger partial charge in [0.2, 0.25) is 0 Å². The largest absolute Gasteiger partial charge is 0.573 e. The van der Waals surface area contributed by atoms with Crippen LogP contribution in [0.25, 0.3) is 0 Å². The minimum atomic E-state index is -4.63. The van der Waals surface area contributed by atoms with E-state index in [-0.39, 0.29) is 5.75 Å². The Morgan fingerprint density at radius 1 is 1.13 bits per heavy atom. The molecule has 0 atom stereocenters. The molecule has 6 heteroatoms. The van der Waals surface area contributed by atoms with Gasteiger partial charge in [0.1, 0.15) is 5.75 Å². The van der Waals surface area contributed by atoms with E-state index in [1.54, 1.807) is 18.4 Å². The number of alkyl halides is 3. The molecule has 0 fully saturated rings. The second-order valence-corrected chi connectivity index (χ2v) is 4.29. The molecule has 0 saturated carbocycles. The fraction of sp³-hybridized carbons (Fsp3) is 0.333. The van der Waals surface area contributed by atoms with Gasteiger partial charge in [0.25, 0.3) is 0 Å². The number of thioether (sulfide) groups is 2. The van der Waals surface area contributed by atoms with Gasteiger partial charge in [-0.25, -0.2) is 0 Å². The van der Waals surface area contributed by atoms with Crippen molar-refractivity contribution < 1.29 is 17.9 Å². The zero-order chi connectivity index (χ0) is 11.5. The van der Waals surface area contributed by atoms with Crippen molar-refractivity contribution in [3.05, 3.63) is 18.2 Å². The first-order chi connectivity index (χ1) is 6.96. The zero-order valence-corrected chi connectivity index (χ0v) is 9.72. The van der Waals surface area contributed by atoms with E-state index in [2.05, 4.69) is 4.74 Å². The molecule has 0 aliphatic heterocycles. The first-order valence-electron chi connectivity index (χ1n) is 3.94. The highest BCUT2D eigenvalue weighted by atomic mass is 32.2. The molecule has 0 radical (unpaired) electrons.